The quantitative estimate of drug-likeness (QED) is 0.881. The van der Waals surface area contributed by atoms with Crippen molar-refractivity contribution in [2.45, 2.75) is 36.8 Å². The van der Waals surface area contributed by atoms with Gasteiger partial charge in [-0.05, 0) is 25.5 Å². The third-order valence-corrected chi connectivity index (χ3v) is 5.64. The second kappa shape index (κ2) is 5.54. The van der Waals surface area contributed by atoms with Crippen LogP contribution in [0.3, 0.4) is 0 Å². The minimum atomic E-state index is 0.253. The zero-order chi connectivity index (χ0) is 11.5. The van der Waals surface area contributed by atoms with Gasteiger partial charge in [0.25, 0.3) is 0 Å². The van der Waals surface area contributed by atoms with Crippen LogP contribution in [-0.2, 0) is 4.74 Å². The molecule has 0 saturated carbocycles. The lowest BCUT2D eigenvalue weighted by atomic mass is 10.1. The maximum absolute atomic E-state index is 6.23. The van der Waals surface area contributed by atoms with E-state index in [0.717, 1.165) is 19.6 Å². The number of thioether (sulfide) groups is 1. The van der Waals surface area contributed by atoms with E-state index in [9.17, 15) is 0 Å². The Labute approximate surface area is 106 Å². The molecule has 0 bridgehead atoms. The Morgan fingerprint density at radius 3 is 2.75 bits per heavy atom. The number of aryl methyl sites for hydroxylation is 1. The van der Waals surface area contributed by atoms with Crippen LogP contribution in [0.25, 0.3) is 0 Å². The van der Waals surface area contributed by atoms with Crippen LogP contribution in [-0.4, -0.2) is 24.5 Å². The SMILES string of the molecule is CCC(N)C(SC1COC1)c1ccc(C)s1. The van der Waals surface area contributed by atoms with Crippen LogP contribution in [0.5, 0.6) is 0 Å². The Hall–Kier alpha value is -0.0300. The van der Waals surface area contributed by atoms with Crippen LogP contribution in [0, 0.1) is 6.92 Å². The van der Waals surface area contributed by atoms with Gasteiger partial charge in [-0.25, -0.2) is 0 Å². The van der Waals surface area contributed by atoms with E-state index in [0.29, 0.717) is 10.5 Å². The van der Waals surface area contributed by atoms with Gasteiger partial charge in [0, 0.05) is 15.8 Å². The van der Waals surface area contributed by atoms with Crippen molar-refractivity contribution in [3.8, 4) is 0 Å². The lowest BCUT2D eigenvalue weighted by molar-refractivity contribution is 0.0452. The molecule has 2 heterocycles. The summed E-state index contributed by atoms with van der Waals surface area (Å²) in [5.41, 5.74) is 6.23. The Morgan fingerprint density at radius 1 is 1.56 bits per heavy atom. The van der Waals surface area contributed by atoms with Gasteiger partial charge in [0.1, 0.15) is 0 Å². The van der Waals surface area contributed by atoms with Crippen LogP contribution < -0.4 is 5.73 Å². The number of nitrogens with two attached hydrogens (primary N) is 1. The van der Waals surface area contributed by atoms with Gasteiger partial charge in [0.2, 0.25) is 0 Å². The second-order valence-electron chi connectivity index (χ2n) is 4.24. The van der Waals surface area contributed by atoms with E-state index in [2.05, 4.69) is 26.0 Å². The van der Waals surface area contributed by atoms with Crippen LogP contribution in [0.1, 0.15) is 28.3 Å². The van der Waals surface area contributed by atoms with Crippen molar-refractivity contribution in [3.63, 3.8) is 0 Å². The molecule has 0 radical (unpaired) electrons. The summed E-state index contributed by atoms with van der Waals surface area (Å²) in [5.74, 6) is 0. The van der Waals surface area contributed by atoms with Crippen molar-refractivity contribution in [3.05, 3.63) is 21.9 Å². The van der Waals surface area contributed by atoms with Crippen LogP contribution in [0.4, 0.5) is 0 Å². The van der Waals surface area contributed by atoms with Crippen LogP contribution in [0.2, 0.25) is 0 Å². The van der Waals surface area contributed by atoms with Gasteiger partial charge in [-0.15, -0.1) is 23.1 Å². The lowest BCUT2D eigenvalue weighted by Crippen LogP contribution is -2.34. The first-order valence-electron chi connectivity index (χ1n) is 5.75. The molecule has 1 saturated heterocycles. The summed E-state index contributed by atoms with van der Waals surface area (Å²) in [4.78, 5) is 2.79. The highest BCUT2D eigenvalue weighted by Gasteiger charge is 2.28. The fourth-order valence-corrected chi connectivity index (χ4v) is 4.32. The molecule has 4 heteroatoms. The van der Waals surface area contributed by atoms with Crippen LogP contribution in [0.15, 0.2) is 12.1 Å². The van der Waals surface area contributed by atoms with Crippen molar-refractivity contribution in [2.75, 3.05) is 13.2 Å². The molecule has 90 valence electrons. The maximum atomic E-state index is 6.23. The number of ether oxygens (including phenoxy) is 1. The standard InChI is InChI=1S/C12H19NOS2/c1-3-10(13)12(16-9-6-14-7-9)11-5-4-8(2)15-11/h4-5,9-10,12H,3,6-7,13H2,1-2H3. The average molecular weight is 257 g/mol. The van der Waals surface area contributed by atoms with Crippen molar-refractivity contribution in [1.29, 1.82) is 0 Å². The van der Waals surface area contributed by atoms with Gasteiger partial charge in [-0.3, -0.25) is 0 Å². The normalized spacial score (nSPS) is 20.4. The van der Waals surface area contributed by atoms with E-state index < -0.39 is 0 Å². The summed E-state index contributed by atoms with van der Waals surface area (Å²) in [6.45, 7) is 6.10. The number of hydrogen-bond donors (Lipinski definition) is 1. The molecule has 0 amide bonds. The molecule has 2 rings (SSSR count). The van der Waals surface area contributed by atoms with Gasteiger partial charge >= 0.3 is 0 Å². The molecule has 0 aromatic carbocycles. The molecule has 16 heavy (non-hydrogen) atoms. The van der Waals surface area contributed by atoms with E-state index >= 15 is 0 Å². The van der Waals surface area contributed by atoms with Gasteiger partial charge in [0.15, 0.2) is 0 Å². The molecule has 0 spiro atoms. The van der Waals surface area contributed by atoms with Crippen LogP contribution >= 0.6 is 23.1 Å². The van der Waals surface area contributed by atoms with Crippen molar-refractivity contribution in [1.82, 2.24) is 0 Å². The number of thiophene rings is 1. The predicted octanol–water partition coefficient (Wildman–Crippen LogP) is 2.97. The summed E-state index contributed by atoms with van der Waals surface area (Å²) in [5, 5.41) is 1.09. The van der Waals surface area contributed by atoms with E-state index in [1.54, 1.807) is 0 Å². The molecule has 2 N–H and O–H groups in total. The smallest absolute Gasteiger partial charge is 0.0608 e. The highest BCUT2D eigenvalue weighted by Crippen LogP contribution is 2.40. The molecule has 1 aromatic heterocycles. The maximum Gasteiger partial charge on any atom is 0.0608 e. The van der Waals surface area contributed by atoms with E-state index in [1.165, 1.54) is 9.75 Å². The minimum Gasteiger partial charge on any atom is -0.379 e. The molecule has 0 aliphatic carbocycles. The second-order valence-corrected chi connectivity index (χ2v) is 7.00. The molecule has 1 aliphatic heterocycles. The molecule has 2 nitrogen and oxygen atoms in total. The van der Waals surface area contributed by atoms with Gasteiger partial charge in [-0.1, -0.05) is 6.92 Å². The molecule has 2 atom stereocenters. The average Bonchev–Trinajstić information content (AvgIpc) is 2.62. The third-order valence-electron chi connectivity index (χ3n) is 2.85. The van der Waals surface area contributed by atoms with Crippen molar-refractivity contribution < 1.29 is 4.74 Å². The Morgan fingerprint density at radius 2 is 2.31 bits per heavy atom. The summed E-state index contributed by atoms with van der Waals surface area (Å²) in [6, 6.07) is 4.67. The first kappa shape index (κ1) is 12.4. The van der Waals surface area contributed by atoms with Gasteiger partial charge in [0.05, 0.1) is 23.7 Å². The van der Waals surface area contributed by atoms with Crippen molar-refractivity contribution >= 4 is 23.1 Å². The van der Waals surface area contributed by atoms with E-state index in [-0.39, 0.29) is 6.04 Å². The largest absolute Gasteiger partial charge is 0.379 e. The molecule has 1 aliphatic rings. The summed E-state index contributed by atoms with van der Waals surface area (Å²) in [7, 11) is 0. The van der Waals surface area contributed by atoms with E-state index in [4.69, 9.17) is 10.5 Å². The zero-order valence-corrected chi connectivity index (χ0v) is 11.4. The van der Waals surface area contributed by atoms with E-state index in [1.807, 2.05) is 23.1 Å². The fraction of sp³-hybridized carbons (Fsp3) is 0.667. The monoisotopic (exact) mass is 257 g/mol. The topological polar surface area (TPSA) is 35.2 Å². The van der Waals surface area contributed by atoms with Crippen molar-refractivity contribution in [2.24, 2.45) is 5.73 Å². The minimum absolute atomic E-state index is 0.253. The summed E-state index contributed by atoms with van der Waals surface area (Å²) >= 11 is 3.87. The number of hydrogen-bond acceptors (Lipinski definition) is 4. The van der Waals surface area contributed by atoms with Gasteiger partial charge in [-0.2, -0.15) is 0 Å². The Kier molecular flexibility index (Phi) is 4.30. The molecular formula is C12H19NOS2. The number of rotatable bonds is 5. The first-order valence-corrected chi connectivity index (χ1v) is 7.51. The fourth-order valence-electron chi connectivity index (χ4n) is 1.70. The highest BCUT2D eigenvalue weighted by molar-refractivity contribution is 8.00. The Bertz CT molecular complexity index is 336. The lowest BCUT2D eigenvalue weighted by Gasteiger charge is -2.31. The molecule has 2 unspecified atom stereocenters. The summed E-state index contributed by atoms with van der Waals surface area (Å²) < 4.78 is 5.23. The molecule has 1 aromatic rings. The summed E-state index contributed by atoms with van der Waals surface area (Å²) in [6.07, 6.45) is 1.03. The Balaban J connectivity index is 2.06. The van der Waals surface area contributed by atoms with Gasteiger partial charge < -0.3 is 10.5 Å². The molecule has 1 fully saturated rings. The molecular weight excluding hydrogens is 238 g/mol. The predicted molar refractivity (Wildman–Crippen MR) is 72.3 cm³/mol. The zero-order valence-electron chi connectivity index (χ0n) is 9.81. The third kappa shape index (κ3) is 2.80. The first-order chi connectivity index (χ1) is 7.70. The highest BCUT2D eigenvalue weighted by atomic mass is 32.2.